The highest BCUT2D eigenvalue weighted by molar-refractivity contribution is 7.90. The van der Waals surface area contributed by atoms with Crippen molar-refractivity contribution in [1.82, 2.24) is 9.62 Å². The second-order valence-corrected chi connectivity index (χ2v) is 8.38. The third-order valence-corrected chi connectivity index (χ3v) is 5.97. The summed E-state index contributed by atoms with van der Waals surface area (Å²) in [5, 5.41) is 0.565. The molecule has 28 heavy (non-hydrogen) atoms. The predicted molar refractivity (Wildman–Crippen MR) is 107 cm³/mol. The standard InChI is InChI=1S/C19H20ClN3O4S/c1-23(12-13-11-14(20)7-8-16(13)27-2)18(24)9-10-21-19-15-5-3-4-6-17(15)28(25,26)22-19/h3-8,11H,9-10,12H2,1-2H3,(H,21,22). The van der Waals surface area contributed by atoms with E-state index in [0.29, 0.717) is 22.9 Å². The number of nitrogens with zero attached hydrogens (tertiary/aromatic N) is 2. The molecular formula is C19H20ClN3O4S. The molecule has 148 valence electrons. The monoisotopic (exact) mass is 421 g/mol. The molecule has 0 saturated heterocycles. The number of rotatable bonds is 6. The molecule has 0 saturated carbocycles. The maximum Gasteiger partial charge on any atom is 0.263 e. The summed E-state index contributed by atoms with van der Waals surface area (Å²) in [5.41, 5.74) is 1.32. The quantitative estimate of drug-likeness (QED) is 0.775. The molecule has 0 atom stereocenters. The van der Waals surface area contributed by atoms with Crippen molar-refractivity contribution in [1.29, 1.82) is 0 Å². The molecule has 2 aromatic carbocycles. The zero-order chi connectivity index (χ0) is 20.3. The lowest BCUT2D eigenvalue weighted by Gasteiger charge is -2.18. The number of hydrogen-bond acceptors (Lipinski definition) is 5. The van der Waals surface area contributed by atoms with Crippen LogP contribution in [0.3, 0.4) is 0 Å². The van der Waals surface area contributed by atoms with E-state index >= 15 is 0 Å². The van der Waals surface area contributed by atoms with Crippen molar-refractivity contribution in [3.63, 3.8) is 0 Å². The van der Waals surface area contributed by atoms with Gasteiger partial charge in [0, 0.05) is 36.2 Å². The molecule has 9 heteroatoms. The Labute approximate surface area is 169 Å². The summed E-state index contributed by atoms with van der Waals surface area (Å²) >= 11 is 6.02. The van der Waals surface area contributed by atoms with E-state index in [1.165, 1.54) is 6.07 Å². The number of carbonyl (C=O) groups excluding carboxylic acids is 1. The third-order valence-electron chi connectivity index (χ3n) is 4.33. The minimum atomic E-state index is -3.58. The van der Waals surface area contributed by atoms with Gasteiger partial charge in [-0.05, 0) is 30.3 Å². The lowest BCUT2D eigenvalue weighted by atomic mass is 10.2. The molecule has 1 heterocycles. The number of amidine groups is 1. The van der Waals surface area contributed by atoms with Crippen molar-refractivity contribution < 1.29 is 17.9 Å². The first-order chi connectivity index (χ1) is 13.3. The van der Waals surface area contributed by atoms with Gasteiger partial charge in [0.1, 0.15) is 11.6 Å². The van der Waals surface area contributed by atoms with E-state index in [4.69, 9.17) is 16.3 Å². The molecule has 1 amide bonds. The van der Waals surface area contributed by atoms with Crippen LogP contribution in [0.15, 0.2) is 52.4 Å². The molecule has 1 N–H and O–H groups in total. The molecule has 0 spiro atoms. The molecule has 0 aliphatic carbocycles. The Bertz CT molecular complexity index is 1040. The molecule has 0 unspecified atom stereocenters. The van der Waals surface area contributed by atoms with Crippen molar-refractivity contribution in [3.8, 4) is 5.75 Å². The van der Waals surface area contributed by atoms with E-state index in [1.807, 2.05) is 0 Å². The number of fused-ring (bicyclic) bond motifs is 1. The highest BCUT2D eigenvalue weighted by Crippen LogP contribution is 2.24. The zero-order valence-corrected chi connectivity index (χ0v) is 17.0. The fourth-order valence-electron chi connectivity index (χ4n) is 2.92. The number of benzene rings is 2. The number of aliphatic imine (C=N–C) groups is 1. The van der Waals surface area contributed by atoms with Gasteiger partial charge in [-0.2, -0.15) is 0 Å². The van der Waals surface area contributed by atoms with Gasteiger partial charge in [-0.1, -0.05) is 23.7 Å². The number of sulfonamides is 1. The number of hydrogen-bond donors (Lipinski definition) is 1. The summed E-state index contributed by atoms with van der Waals surface area (Å²) in [6, 6.07) is 11.9. The fraction of sp³-hybridized carbons (Fsp3) is 0.263. The van der Waals surface area contributed by atoms with Crippen LogP contribution in [0.25, 0.3) is 0 Å². The van der Waals surface area contributed by atoms with Crippen LogP contribution in [-0.2, 0) is 21.4 Å². The SMILES string of the molecule is COc1ccc(Cl)cc1CN(C)C(=O)CCN=C1NS(=O)(=O)c2ccccc21. The first kappa shape index (κ1) is 20.2. The summed E-state index contributed by atoms with van der Waals surface area (Å²) in [6.07, 6.45) is 0.146. The smallest absolute Gasteiger partial charge is 0.263 e. The van der Waals surface area contributed by atoms with Crippen molar-refractivity contribution >= 4 is 33.4 Å². The van der Waals surface area contributed by atoms with Crippen molar-refractivity contribution in [3.05, 3.63) is 58.6 Å². The lowest BCUT2D eigenvalue weighted by molar-refractivity contribution is -0.130. The van der Waals surface area contributed by atoms with E-state index < -0.39 is 10.0 Å². The molecule has 7 nitrogen and oxygen atoms in total. The largest absolute Gasteiger partial charge is 0.496 e. The number of carbonyl (C=O) groups is 1. The van der Waals surface area contributed by atoms with Crippen LogP contribution in [0.5, 0.6) is 5.75 Å². The molecule has 0 fully saturated rings. The van der Waals surface area contributed by atoms with Crippen LogP contribution in [0.2, 0.25) is 5.02 Å². The van der Waals surface area contributed by atoms with E-state index in [0.717, 1.165) is 5.56 Å². The summed E-state index contributed by atoms with van der Waals surface area (Å²) in [5.74, 6) is 0.796. The zero-order valence-electron chi connectivity index (χ0n) is 15.5. The number of methoxy groups -OCH3 is 1. The highest BCUT2D eigenvalue weighted by Gasteiger charge is 2.30. The molecule has 1 aliphatic rings. The van der Waals surface area contributed by atoms with E-state index in [2.05, 4.69) is 9.71 Å². The van der Waals surface area contributed by atoms with Crippen LogP contribution < -0.4 is 9.46 Å². The second-order valence-electron chi connectivity index (χ2n) is 6.29. The van der Waals surface area contributed by atoms with Gasteiger partial charge in [0.2, 0.25) is 5.91 Å². The Morgan fingerprint density at radius 1 is 1.25 bits per heavy atom. The Morgan fingerprint density at radius 2 is 2.00 bits per heavy atom. The van der Waals surface area contributed by atoms with Crippen LogP contribution in [0, 0.1) is 0 Å². The van der Waals surface area contributed by atoms with Gasteiger partial charge in [-0.3, -0.25) is 14.5 Å². The first-order valence-electron chi connectivity index (χ1n) is 8.55. The Morgan fingerprint density at radius 3 is 2.75 bits per heavy atom. The van der Waals surface area contributed by atoms with Gasteiger partial charge < -0.3 is 9.64 Å². The molecule has 3 rings (SSSR count). The van der Waals surface area contributed by atoms with E-state index in [1.54, 1.807) is 55.5 Å². The summed E-state index contributed by atoms with van der Waals surface area (Å²) in [4.78, 5) is 18.4. The number of ether oxygens (including phenoxy) is 1. The molecular weight excluding hydrogens is 402 g/mol. The summed E-state index contributed by atoms with van der Waals surface area (Å²) in [6.45, 7) is 0.511. The molecule has 0 radical (unpaired) electrons. The molecule has 2 aromatic rings. The lowest BCUT2D eigenvalue weighted by Crippen LogP contribution is -2.27. The van der Waals surface area contributed by atoms with Gasteiger partial charge in [-0.15, -0.1) is 0 Å². The van der Waals surface area contributed by atoms with Gasteiger partial charge in [-0.25, -0.2) is 8.42 Å². The normalized spacial score (nSPS) is 15.8. The van der Waals surface area contributed by atoms with Crippen molar-refractivity contribution in [2.45, 2.75) is 17.9 Å². The predicted octanol–water partition coefficient (Wildman–Crippen LogP) is 2.44. The van der Waals surface area contributed by atoms with Gasteiger partial charge in [0.15, 0.2) is 0 Å². The molecule has 0 bridgehead atoms. The Kier molecular flexibility index (Phi) is 5.90. The maximum absolute atomic E-state index is 12.4. The number of halogens is 1. The van der Waals surface area contributed by atoms with Crippen LogP contribution in [-0.4, -0.2) is 45.8 Å². The van der Waals surface area contributed by atoms with E-state index in [-0.39, 0.29) is 29.6 Å². The Balaban J connectivity index is 1.64. The average molecular weight is 422 g/mol. The van der Waals surface area contributed by atoms with Crippen LogP contribution in [0.4, 0.5) is 0 Å². The van der Waals surface area contributed by atoms with Crippen molar-refractivity contribution in [2.75, 3.05) is 20.7 Å². The molecule has 0 aromatic heterocycles. The Hall–Kier alpha value is -2.58. The van der Waals surface area contributed by atoms with Crippen LogP contribution in [0.1, 0.15) is 17.5 Å². The first-order valence-corrected chi connectivity index (χ1v) is 10.4. The number of nitrogens with one attached hydrogen (secondary N) is 1. The minimum Gasteiger partial charge on any atom is -0.496 e. The van der Waals surface area contributed by atoms with Gasteiger partial charge in [0.25, 0.3) is 10.0 Å². The number of amides is 1. The topological polar surface area (TPSA) is 88.1 Å². The highest BCUT2D eigenvalue weighted by atomic mass is 35.5. The average Bonchev–Trinajstić information content (AvgIpc) is 2.92. The van der Waals surface area contributed by atoms with Crippen molar-refractivity contribution in [2.24, 2.45) is 4.99 Å². The summed E-state index contributed by atoms with van der Waals surface area (Å²) in [7, 11) is -0.332. The second kappa shape index (κ2) is 8.20. The van der Waals surface area contributed by atoms with E-state index in [9.17, 15) is 13.2 Å². The summed E-state index contributed by atoms with van der Waals surface area (Å²) < 4.78 is 31.9. The van der Waals surface area contributed by atoms with Gasteiger partial charge in [0.05, 0.1) is 18.6 Å². The fourth-order valence-corrected chi connectivity index (χ4v) is 4.37. The van der Waals surface area contributed by atoms with Gasteiger partial charge >= 0.3 is 0 Å². The maximum atomic E-state index is 12.4. The minimum absolute atomic E-state index is 0.125. The third kappa shape index (κ3) is 4.28. The molecule has 1 aliphatic heterocycles. The van der Waals surface area contributed by atoms with Crippen LogP contribution >= 0.6 is 11.6 Å².